The molecule has 1 N–H and O–H groups in total. The summed E-state index contributed by atoms with van der Waals surface area (Å²) in [5.41, 5.74) is 4.12. The number of nitrogens with zero attached hydrogens (tertiary/aromatic N) is 2. The molecule has 2 heterocycles. The quantitative estimate of drug-likeness (QED) is 0.275. The Morgan fingerprint density at radius 3 is 2.31 bits per heavy atom. The van der Waals surface area contributed by atoms with Gasteiger partial charge in [-0.3, -0.25) is 4.90 Å². The van der Waals surface area contributed by atoms with Gasteiger partial charge in [-0.15, -0.1) is 12.4 Å². The molecule has 3 aromatic carbocycles. The summed E-state index contributed by atoms with van der Waals surface area (Å²) in [5, 5.41) is 14.7. The Balaban J connectivity index is 0.00000267. The van der Waals surface area contributed by atoms with E-state index >= 15 is 0 Å². The fourth-order valence-electron chi connectivity index (χ4n) is 4.88. The predicted molar refractivity (Wildman–Crippen MR) is 145 cm³/mol. The van der Waals surface area contributed by atoms with Gasteiger partial charge in [0, 0.05) is 30.8 Å². The highest BCUT2D eigenvalue weighted by atomic mass is 35.5. The maximum atomic E-state index is 9.73. The van der Waals surface area contributed by atoms with Crippen LogP contribution < -0.4 is 4.74 Å². The lowest BCUT2D eigenvalue weighted by molar-refractivity contribution is 0.00205. The van der Waals surface area contributed by atoms with Crippen LogP contribution >= 0.6 is 24.0 Å². The summed E-state index contributed by atoms with van der Waals surface area (Å²) in [7, 11) is 0. The molecular weight excluding hydrogens is 495 g/mol. The number of ether oxygens (including phenoxy) is 1. The summed E-state index contributed by atoms with van der Waals surface area (Å²) in [4.78, 5) is 2.50. The average Bonchev–Trinajstić information content (AvgIpc) is 3.25. The fraction of sp³-hybridized carbons (Fsp3) is 0.276. The molecule has 0 radical (unpaired) electrons. The minimum absolute atomic E-state index is 0. The van der Waals surface area contributed by atoms with Gasteiger partial charge in [0.25, 0.3) is 0 Å². The third-order valence-corrected chi connectivity index (χ3v) is 7.39. The third-order valence-electron chi connectivity index (χ3n) is 7.06. The van der Waals surface area contributed by atoms with Crippen LogP contribution in [0.3, 0.4) is 0 Å². The molecule has 2 aliphatic rings. The molecule has 0 bridgehead atoms. The van der Waals surface area contributed by atoms with E-state index in [1.165, 1.54) is 25.8 Å². The molecule has 36 heavy (non-hydrogen) atoms. The highest BCUT2D eigenvalue weighted by Gasteiger charge is 2.31. The van der Waals surface area contributed by atoms with Crippen LogP contribution in [0.2, 0.25) is 5.02 Å². The first kappa shape index (κ1) is 24.7. The topological polar surface area (TPSA) is 58.7 Å². The number of rotatable bonds is 7. The van der Waals surface area contributed by atoms with Gasteiger partial charge in [0.2, 0.25) is 0 Å². The van der Waals surface area contributed by atoms with Crippen molar-refractivity contribution in [3.05, 3.63) is 77.8 Å². The van der Waals surface area contributed by atoms with Crippen LogP contribution in [-0.2, 0) is 0 Å². The molecule has 0 spiro atoms. The number of likely N-dealkylation sites (tertiary alicyclic amines) is 1. The summed E-state index contributed by atoms with van der Waals surface area (Å²) in [5.74, 6) is 2.59. The molecule has 6 rings (SSSR count). The number of benzene rings is 3. The average molecular weight is 523 g/mol. The van der Waals surface area contributed by atoms with Gasteiger partial charge in [0.15, 0.2) is 5.76 Å². The van der Waals surface area contributed by atoms with E-state index in [2.05, 4.69) is 10.1 Å². The number of aromatic hydroxyl groups is 1. The molecule has 4 aromatic rings. The van der Waals surface area contributed by atoms with Crippen molar-refractivity contribution >= 4 is 24.0 Å². The number of phenols is 1. The number of halogens is 2. The summed E-state index contributed by atoms with van der Waals surface area (Å²) >= 11 is 6.52. The van der Waals surface area contributed by atoms with Crippen LogP contribution in [0.15, 0.2) is 77.3 Å². The molecule has 1 aromatic heterocycles. The number of hydrogen-bond donors (Lipinski definition) is 1. The van der Waals surface area contributed by atoms with Crippen LogP contribution in [0.5, 0.6) is 11.5 Å². The zero-order valence-corrected chi connectivity index (χ0v) is 21.3. The molecule has 1 saturated carbocycles. The molecule has 1 aliphatic carbocycles. The summed E-state index contributed by atoms with van der Waals surface area (Å²) in [6.45, 7) is 3.23. The van der Waals surface area contributed by atoms with Crippen LogP contribution in [0, 0.1) is 5.92 Å². The molecule has 1 saturated heterocycles. The van der Waals surface area contributed by atoms with E-state index in [1.807, 2.05) is 60.7 Å². The van der Waals surface area contributed by atoms with Gasteiger partial charge in [-0.25, -0.2) is 0 Å². The number of hydrogen-bond acceptors (Lipinski definition) is 5. The summed E-state index contributed by atoms with van der Waals surface area (Å²) < 4.78 is 12.1. The minimum Gasteiger partial charge on any atom is -0.508 e. The lowest BCUT2D eigenvalue weighted by Crippen LogP contribution is -2.55. The molecule has 0 amide bonds. The molecular formula is C29H28Cl2N2O3. The van der Waals surface area contributed by atoms with Gasteiger partial charge in [0.1, 0.15) is 23.3 Å². The molecule has 1 aliphatic heterocycles. The molecule has 5 nitrogen and oxygen atoms in total. The maximum Gasteiger partial charge on any atom is 0.175 e. The van der Waals surface area contributed by atoms with E-state index in [1.54, 1.807) is 12.1 Å². The standard InChI is InChI=1S/C29H27ClN2O3.ClH/c30-26-7-2-1-6-25(26)28-27(29(35-31-28)21-8-12-22(33)13-9-21)20-10-14-23(15-11-20)34-24-17-32(18-24)16-19-4-3-5-19;/h1-2,6-15,19,24,33H,3-5,16-18H2;1H. The van der Waals surface area contributed by atoms with Crippen molar-refractivity contribution < 1.29 is 14.4 Å². The van der Waals surface area contributed by atoms with Gasteiger partial charge in [-0.05, 0) is 66.8 Å². The summed E-state index contributed by atoms with van der Waals surface area (Å²) in [6.07, 6.45) is 4.41. The zero-order valence-electron chi connectivity index (χ0n) is 19.8. The van der Waals surface area contributed by atoms with Crippen molar-refractivity contribution in [1.82, 2.24) is 10.1 Å². The Labute approximate surface area is 222 Å². The van der Waals surface area contributed by atoms with Gasteiger partial charge in [-0.2, -0.15) is 0 Å². The predicted octanol–water partition coefficient (Wildman–Crippen LogP) is 7.32. The van der Waals surface area contributed by atoms with Crippen LogP contribution in [0.1, 0.15) is 19.3 Å². The van der Waals surface area contributed by atoms with E-state index in [9.17, 15) is 5.11 Å². The molecule has 0 unspecified atom stereocenters. The van der Waals surface area contributed by atoms with Crippen LogP contribution in [0.4, 0.5) is 0 Å². The van der Waals surface area contributed by atoms with E-state index in [0.717, 1.165) is 47.0 Å². The number of phenolic OH excluding ortho intramolecular Hbond substituents is 1. The van der Waals surface area contributed by atoms with Crippen LogP contribution in [0.25, 0.3) is 33.7 Å². The van der Waals surface area contributed by atoms with Crippen molar-refractivity contribution in [3.8, 4) is 45.2 Å². The second kappa shape index (κ2) is 10.6. The first-order chi connectivity index (χ1) is 17.1. The normalized spacial score (nSPS) is 16.1. The van der Waals surface area contributed by atoms with Crippen molar-refractivity contribution in [2.24, 2.45) is 5.92 Å². The first-order valence-electron chi connectivity index (χ1n) is 12.2. The van der Waals surface area contributed by atoms with Crippen molar-refractivity contribution in [2.75, 3.05) is 19.6 Å². The van der Waals surface area contributed by atoms with Crippen molar-refractivity contribution in [3.63, 3.8) is 0 Å². The monoisotopic (exact) mass is 522 g/mol. The van der Waals surface area contributed by atoms with Gasteiger partial charge in [0.05, 0.1) is 10.6 Å². The minimum atomic E-state index is 0. The maximum absolute atomic E-state index is 9.73. The van der Waals surface area contributed by atoms with E-state index in [4.69, 9.17) is 20.9 Å². The SMILES string of the molecule is Cl.Oc1ccc(-c2onc(-c3ccccc3Cl)c2-c2ccc(OC3CN(CC4CCC4)C3)cc2)cc1. The second-order valence-electron chi connectivity index (χ2n) is 9.54. The molecule has 186 valence electrons. The van der Waals surface area contributed by atoms with E-state index < -0.39 is 0 Å². The lowest BCUT2D eigenvalue weighted by Gasteiger charge is -2.42. The fourth-order valence-corrected chi connectivity index (χ4v) is 5.11. The molecule has 2 fully saturated rings. The molecule has 7 heteroatoms. The zero-order chi connectivity index (χ0) is 23.8. The lowest BCUT2D eigenvalue weighted by atomic mass is 9.84. The Kier molecular flexibility index (Phi) is 7.24. The van der Waals surface area contributed by atoms with E-state index in [0.29, 0.717) is 16.5 Å². The van der Waals surface area contributed by atoms with Gasteiger partial charge >= 0.3 is 0 Å². The Bertz CT molecular complexity index is 1310. The summed E-state index contributed by atoms with van der Waals surface area (Å²) in [6, 6.07) is 22.6. The largest absolute Gasteiger partial charge is 0.508 e. The van der Waals surface area contributed by atoms with Gasteiger partial charge < -0.3 is 14.4 Å². The van der Waals surface area contributed by atoms with Crippen molar-refractivity contribution in [2.45, 2.75) is 25.4 Å². The highest BCUT2D eigenvalue weighted by Crippen LogP contribution is 2.42. The highest BCUT2D eigenvalue weighted by molar-refractivity contribution is 6.33. The van der Waals surface area contributed by atoms with Crippen molar-refractivity contribution in [1.29, 1.82) is 0 Å². The van der Waals surface area contributed by atoms with E-state index in [-0.39, 0.29) is 24.3 Å². The number of aromatic nitrogens is 1. The Morgan fingerprint density at radius 2 is 1.64 bits per heavy atom. The Hall–Kier alpha value is -2.99. The van der Waals surface area contributed by atoms with Gasteiger partial charge in [-0.1, -0.05) is 53.5 Å². The van der Waals surface area contributed by atoms with Crippen LogP contribution in [-0.4, -0.2) is 40.9 Å². The Morgan fingerprint density at radius 1 is 0.944 bits per heavy atom. The second-order valence-corrected chi connectivity index (χ2v) is 9.95. The third kappa shape index (κ3) is 4.96. The first-order valence-corrected chi connectivity index (χ1v) is 12.6. The smallest absolute Gasteiger partial charge is 0.175 e. The molecule has 0 atom stereocenters.